The monoisotopic (exact) mass is 517 g/mol. The van der Waals surface area contributed by atoms with E-state index < -0.39 is 0 Å². The number of rotatable bonds is 7. The molecule has 4 nitrogen and oxygen atoms in total. The molecule has 0 spiro atoms. The average molecular weight is 519 g/mol. The van der Waals surface area contributed by atoms with Gasteiger partial charge in [-0.05, 0) is 75.6 Å². The largest absolute Gasteiger partial charge is 0.493 e. The lowest BCUT2D eigenvalue weighted by Gasteiger charge is -2.11. The van der Waals surface area contributed by atoms with Crippen LogP contribution in [0.15, 0.2) is 59.1 Å². The number of nitrogens with zero attached hydrogens (tertiary/aromatic N) is 1. The third-order valence-electron chi connectivity index (χ3n) is 4.48. The fourth-order valence-corrected chi connectivity index (χ4v) is 3.84. The zero-order chi connectivity index (χ0) is 22.4. The van der Waals surface area contributed by atoms with Crippen LogP contribution in [0.3, 0.4) is 0 Å². The molecule has 0 N–H and O–H groups in total. The summed E-state index contributed by atoms with van der Waals surface area (Å²) in [5.41, 5.74) is 2.90. The molecular weight excluding hydrogens is 501 g/mol. The molecule has 0 saturated carbocycles. The van der Waals surface area contributed by atoms with Crippen molar-refractivity contribution in [3.8, 4) is 23.3 Å². The van der Waals surface area contributed by atoms with Gasteiger partial charge in [0.15, 0.2) is 11.5 Å². The van der Waals surface area contributed by atoms with Gasteiger partial charge in [-0.1, -0.05) is 35.3 Å². The van der Waals surface area contributed by atoms with Gasteiger partial charge in [0.2, 0.25) is 0 Å². The van der Waals surface area contributed by atoms with E-state index >= 15 is 0 Å². The van der Waals surface area contributed by atoms with Gasteiger partial charge in [0.05, 0.1) is 30.3 Å². The van der Waals surface area contributed by atoms with E-state index in [1.807, 2.05) is 30.3 Å². The van der Waals surface area contributed by atoms with Gasteiger partial charge >= 0.3 is 0 Å². The van der Waals surface area contributed by atoms with Crippen LogP contribution in [0, 0.1) is 11.3 Å². The van der Waals surface area contributed by atoms with Crippen molar-refractivity contribution in [1.82, 2.24) is 0 Å². The molecule has 0 unspecified atom stereocenters. The van der Waals surface area contributed by atoms with Gasteiger partial charge in [-0.25, -0.2) is 0 Å². The topological polar surface area (TPSA) is 51.5 Å². The minimum atomic E-state index is 0.304. The van der Waals surface area contributed by atoms with Crippen molar-refractivity contribution in [1.29, 1.82) is 5.26 Å². The van der Waals surface area contributed by atoms with Crippen LogP contribution in [-0.4, -0.2) is 14.2 Å². The van der Waals surface area contributed by atoms with Gasteiger partial charge in [0.25, 0.3) is 0 Å². The third kappa shape index (κ3) is 5.74. The molecule has 31 heavy (non-hydrogen) atoms. The van der Waals surface area contributed by atoms with E-state index in [-0.39, 0.29) is 0 Å². The Morgan fingerprint density at radius 2 is 1.71 bits per heavy atom. The predicted octanol–water partition coefficient (Wildman–Crippen LogP) is 7.42. The Morgan fingerprint density at radius 1 is 0.968 bits per heavy atom. The molecule has 158 valence electrons. The molecule has 0 aliphatic rings. The van der Waals surface area contributed by atoms with Gasteiger partial charge < -0.3 is 14.2 Å². The van der Waals surface area contributed by atoms with Crippen molar-refractivity contribution in [2.24, 2.45) is 0 Å². The number of allylic oxidation sites excluding steroid dienone is 1. The van der Waals surface area contributed by atoms with E-state index in [0.717, 1.165) is 21.2 Å². The highest BCUT2D eigenvalue weighted by molar-refractivity contribution is 9.10. The fraction of sp³-hybridized carbons (Fsp3) is 0.125. The second-order valence-electron chi connectivity index (χ2n) is 6.45. The Bertz CT molecular complexity index is 1170. The molecule has 3 aromatic rings. The lowest BCUT2D eigenvalue weighted by atomic mass is 10.0. The van der Waals surface area contributed by atoms with Gasteiger partial charge in [-0.15, -0.1) is 0 Å². The number of benzene rings is 3. The normalized spacial score (nSPS) is 11.0. The van der Waals surface area contributed by atoms with Crippen molar-refractivity contribution in [3.63, 3.8) is 0 Å². The number of ether oxygens (including phenoxy) is 3. The molecule has 0 aliphatic carbocycles. The molecule has 0 saturated heterocycles. The molecule has 3 aromatic carbocycles. The zero-order valence-electron chi connectivity index (χ0n) is 16.8. The summed E-state index contributed by atoms with van der Waals surface area (Å²) in [6, 6.07) is 18.5. The van der Waals surface area contributed by atoms with E-state index in [9.17, 15) is 5.26 Å². The summed E-state index contributed by atoms with van der Waals surface area (Å²) < 4.78 is 17.2. The van der Waals surface area contributed by atoms with Gasteiger partial charge in [-0.3, -0.25) is 0 Å². The van der Waals surface area contributed by atoms with Crippen LogP contribution in [0.5, 0.6) is 17.2 Å². The summed E-state index contributed by atoms with van der Waals surface area (Å²) in [6.07, 6.45) is 1.80. The van der Waals surface area contributed by atoms with Crippen LogP contribution in [0.1, 0.15) is 16.7 Å². The molecule has 0 atom stereocenters. The minimum absolute atomic E-state index is 0.304. The lowest BCUT2D eigenvalue weighted by Crippen LogP contribution is -1.97. The van der Waals surface area contributed by atoms with Crippen LogP contribution in [0.4, 0.5) is 0 Å². The Balaban J connectivity index is 1.81. The van der Waals surface area contributed by atoms with Gasteiger partial charge in [0, 0.05) is 15.6 Å². The molecule has 0 aromatic heterocycles. The first kappa shape index (κ1) is 23.0. The zero-order valence-corrected chi connectivity index (χ0v) is 19.9. The summed E-state index contributed by atoms with van der Waals surface area (Å²) in [7, 11) is 3.13. The van der Waals surface area contributed by atoms with Crippen molar-refractivity contribution in [2.45, 2.75) is 6.61 Å². The standard InChI is InChI=1S/C24H18BrCl2NO3/c1-29-23-8-5-16(11-24(23)30-2)18(13-28)9-15-3-7-22(20(25)10-15)31-14-17-4-6-19(26)12-21(17)27/h3-12H,14H2,1-2H3/b18-9+. The molecule has 3 rings (SSSR count). The number of hydrogen-bond donors (Lipinski definition) is 0. The number of methoxy groups -OCH3 is 2. The number of nitriles is 1. The lowest BCUT2D eigenvalue weighted by molar-refractivity contribution is 0.304. The van der Waals surface area contributed by atoms with Crippen LogP contribution in [-0.2, 0) is 6.61 Å². The predicted molar refractivity (Wildman–Crippen MR) is 128 cm³/mol. The highest BCUT2D eigenvalue weighted by Gasteiger charge is 2.10. The first-order valence-corrected chi connectivity index (χ1v) is 10.7. The molecule has 0 heterocycles. The Kier molecular flexibility index (Phi) is 7.86. The molecule has 7 heteroatoms. The number of hydrogen-bond acceptors (Lipinski definition) is 4. The van der Waals surface area contributed by atoms with E-state index in [4.69, 9.17) is 37.4 Å². The van der Waals surface area contributed by atoms with Crippen LogP contribution in [0.2, 0.25) is 10.0 Å². The first-order valence-electron chi connectivity index (χ1n) is 9.15. The Hall–Kier alpha value is -2.65. The summed E-state index contributed by atoms with van der Waals surface area (Å²) in [5.74, 6) is 1.83. The third-order valence-corrected chi connectivity index (χ3v) is 5.69. The quantitative estimate of drug-likeness (QED) is 0.241. The van der Waals surface area contributed by atoms with Crippen molar-refractivity contribution >= 4 is 50.8 Å². The van der Waals surface area contributed by atoms with Crippen molar-refractivity contribution < 1.29 is 14.2 Å². The van der Waals surface area contributed by atoms with Crippen LogP contribution in [0.25, 0.3) is 11.6 Å². The Labute approximate surface area is 199 Å². The van der Waals surface area contributed by atoms with E-state index in [0.29, 0.717) is 39.5 Å². The number of halogens is 3. The summed E-state index contributed by atoms with van der Waals surface area (Å²) >= 11 is 15.7. The van der Waals surface area contributed by atoms with Gasteiger partial charge in [0.1, 0.15) is 12.4 Å². The first-order chi connectivity index (χ1) is 14.9. The second-order valence-corrected chi connectivity index (χ2v) is 8.15. The molecule has 0 bridgehead atoms. The summed E-state index contributed by atoms with van der Waals surface area (Å²) in [4.78, 5) is 0. The molecular formula is C24H18BrCl2NO3. The molecule has 0 fully saturated rings. The van der Waals surface area contributed by atoms with Crippen molar-refractivity contribution in [3.05, 3.63) is 85.8 Å². The van der Waals surface area contributed by atoms with Crippen LogP contribution < -0.4 is 14.2 Å². The van der Waals surface area contributed by atoms with Gasteiger partial charge in [-0.2, -0.15) is 5.26 Å². The smallest absolute Gasteiger partial charge is 0.161 e. The second kappa shape index (κ2) is 10.6. The van der Waals surface area contributed by atoms with Crippen molar-refractivity contribution in [2.75, 3.05) is 14.2 Å². The molecule has 0 amide bonds. The molecule has 0 radical (unpaired) electrons. The van der Waals surface area contributed by atoms with E-state index in [1.165, 1.54) is 0 Å². The Morgan fingerprint density at radius 3 is 2.35 bits per heavy atom. The maximum Gasteiger partial charge on any atom is 0.161 e. The highest BCUT2D eigenvalue weighted by Crippen LogP contribution is 2.33. The maximum atomic E-state index is 9.66. The minimum Gasteiger partial charge on any atom is -0.493 e. The van der Waals surface area contributed by atoms with E-state index in [1.54, 1.807) is 44.6 Å². The summed E-state index contributed by atoms with van der Waals surface area (Å²) in [5, 5.41) is 10.8. The fourth-order valence-electron chi connectivity index (χ4n) is 2.87. The molecule has 0 aliphatic heterocycles. The maximum absolute atomic E-state index is 9.66. The van der Waals surface area contributed by atoms with Crippen LogP contribution >= 0.6 is 39.1 Å². The summed E-state index contributed by atoms with van der Waals surface area (Å²) in [6.45, 7) is 0.304. The van der Waals surface area contributed by atoms with E-state index in [2.05, 4.69) is 22.0 Å². The average Bonchev–Trinajstić information content (AvgIpc) is 2.77. The highest BCUT2D eigenvalue weighted by atomic mass is 79.9. The SMILES string of the molecule is COc1ccc(/C(C#N)=C/c2ccc(OCc3ccc(Cl)cc3Cl)c(Br)c2)cc1OC.